The summed E-state index contributed by atoms with van der Waals surface area (Å²) in [5.41, 5.74) is 9.10. The number of hydrogen-bond donors (Lipinski definition) is 1. The van der Waals surface area contributed by atoms with E-state index in [1.54, 1.807) is 22.3 Å². The first-order chi connectivity index (χ1) is 10.8. The van der Waals surface area contributed by atoms with Gasteiger partial charge in [-0.3, -0.25) is 0 Å². The highest BCUT2D eigenvalue weighted by Crippen LogP contribution is 2.38. The lowest BCUT2D eigenvalue weighted by molar-refractivity contribution is 0.684. The number of halogens is 1. The minimum Gasteiger partial charge on any atom is -0.316 e. The van der Waals surface area contributed by atoms with Gasteiger partial charge in [0, 0.05) is 5.02 Å². The van der Waals surface area contributed by atoms with Gasteiger partial charge in [-0.1, -0.05) is 29.8 Å². The third-order valence-corrected chi connectivity index (χ3v) is 5.32. The summed E-state index contributed by atoms with van der Waals surface area (Å²) in [7, 11) is 0. The summed E-state index contributed by atoms with van der Waals surface area (Å²) in [6, 6.07) is 10.9. The molecular formula is C20H22ClN. The Bertz CT molecular complexity index is 705. The number of fused-ring (bicyclic) bond motifs is 2. The smallest absolute Gasteiger partial charge is 0.0412 e. The zero-order chi connectivity index (χ0) is 14.9. The summed E-state index contributed by atoms with van der Waals surface area (Å²) in [4.78, 5) is 0. The topological polar surface area (TPSA) is 12.0 Å². The standard InChI is InChI=1S/C20H22ClN/c21-17-6-3-5-16(13-17)20-18-7-2-1-4-14(18)12-15-8-10-22-11-9-19(15)20/h3,5-6,12-13,22H,1-2,4,7-11H2. The molecule has 1 aliphatic heterocycles. The van der Waals surface area contributed by atoms with E-state index in [2.05, 4.69) is 29.6 Å². The molecule has 1 heterocycles. The van der Waals surface area contributed by atoms with Crippen molar-refractivity contribution in [1.82, 2.24) is 5.32 Å². The van der Waals surface area contributed by atoms with E-state index in [-0.39, 0.29) is 0 Å². The molecule has 0 bridgehead atoms. The summed E-state index contributed by atoms with van der Waals surface area (Å²) >= 11 is 6.28. The summed E-state index contributed by atoms with van der Waals surface area (Å²) in [6.45, 7) is 2.18. The van der Waals surface area contributed by atoms with Gasteiger partial charge < -0.3 is 5.32 Å². The van der Waals surface area contributed by atoms with Crippen molar-refractivity contribution in [2.75, 3.05) is 13.1 Å². The SMILES string of the molecule is Clc1cccc(-c2c3c(cc4c2CCNCC4)CCCC3)c1. The van der Waals surface area contributed by atoms with Crippen LogP contribution < -0.4 is 5.32 Å². The minimum absolute atomic E-state index is 0.839. The Morgan fingerprint density at radius 2 is 1.59 bits per heavy atom. The van der Waals surface area contributed by atoms with Gasteiger partial charge in [0.25, 0.3) is 0 Å². The van der Waals surface area contributed by atoms with Gasteiger partial charge in [0.15, 0.2) is 0 Å². The van der Waals surface area contributed by atoms with Crippen LogP contribution >= 0.6 is 11.6 Å². The van der Waals surface area contributed by atoms with Crippen LogP contribution in [-0.2, 0) is 25.7 Å². The summed E-state index contributed by atoms with van der Waals surface area (Å²) in [5, 5.41) is 4.39. The molecule has 2 aromatic rings. The molecule has 114 valence electrons. The molecule has 0 spiro atoms. The number of benzene rings is 2. The molecule has 0 unspecified atom stereocenters. The van der Waals surface area contributed by atoms with Gasteiger partial charge in [-0.25, -0.2) is 0 Å². The molecular weight excluding hydrogens is 290 g/mol. The second-order valence-corrected chi connectivity index (χ2v) is 6.93. The summed E-state index contributed by atoms with van der Waals surface area (Å²) in [5.74, 6) is 0. The number of hydrogen-bond acceptors (Lipinski definition) is 1. The fourth-order valence-electron chi connectivity index (χ4n) is 4.08. The van der Waals surface area contributed by atoms with Gasteiger partial charge in [-0.2, -0.15) is 0 Å². The molecule has 0 fully saturated rings. The third-order valence-electron chi connectivity index (χ3n) is 5.09. The average Bonchev–Trinajstić information content (AvgIpc) is 2.77. The maximum absolute atomic E-state index is 6.28. The molecule has 1 nitrogen and oxygen atoms in total. The van der Waals surface area contributed by atoms with Gasteiger partial charge in [0.2, 0.25) is 0 Å². The van der Waals surface area contributed by atoms with E-state index in [0.29, 0.717) is 0 Å². The first-order valence-corrected chi connectivity index (χ1v) is 8.84. The van der Waals surface area contributed by atoms with E-state index < -0.39 is 0 Å². The zero-order valence-corrected chi connectivity index (χ0v) is 13.7. The van der Waals surface area contributed by atoms with Gasteiger partial charge in [0.05, 0.1) is 0 Å². The fraction of sp³-hybridized carbons (Fsp3) is 0.400. The predicted molar refractivity (Wildman–Crippen MR) is 93.8 cm³/mol. The van der Waals surface area contributed by atoms with Gasteiger partial charge in [0.1, 0.15) is 0 Å². The Morgan fingerprint density at radius 3 is 2.50 bits per heavy atom. The Morgan fingerprint density at radius 1 is 0.818 bits per heavy atom. The molecule has 0 aromatic heterocycles. The van der Waals surface area contributed by atoms with Crippen LogP contribution in [-0.4, -0.2) is 13.1 Å². The fourth-order valence-corrected chi connectivity index (χ4v) is 4.27. The Balaban J connectivity index is 1.97. The first kappa shape index (κ1) is 14.3. The lowest BCUT2D eigenvalue weighted by Gasteiger charge is -2.25. The van der Waals surface area contributed by atoms with Crippen molar-refractivity contribution in [2.24, 2.45) is 0 Å². The van der Waals surface area contributed by atoms with Crippen molar-refractivity contribution in [3.05, 3.63) is 57.6 Å². The number of rotatable bonds is 1. The maximum Gasteiger partial charge on any atom is 0.0412 e. The molecule has 22 heavy (non-hydrogen) atoms. The van der Waals surface area contributed by atoms with Crippen molar-refractivity contribution in [2.45, 2.75) is 38.5 Å². The highest BCUT2D eigenvalue weighted by Gasteiger charge is 2.22. The summed E-state index contributed by atoms with van der Waals surface area (Å²) in [6.07, 6.45) is 7.39. The van der Waals surface area contributed by atoms with Crippen LogP contribution in [0.1, 0.15) is 35.1 Å². The first-order valence-electron chi connectivity index (χ1n) is 8.46. The van der Waals surface area contributed by atoms with Crippen molar-refractivity contribution in [3.8, 4) is 11.1 Å². The lowest BCUT2D eigenvalue weighted by Crippen LogP contribution is -2.16. The lowest BCUT2D eigenvalue weighted by atomic mass is 9.80. The van der Waals surface area contributed by atoms with Crippen molar-refractivity contribution in [1.29, 1.82) is 0 Å². The van der Waals surface area contributed by atoms with Crippen LogP contribution in [0.3, 0.4) is 0 Å². The molecule has 2 aromatic carbocycles. The van der Waals surface area contributed by atoms with Gasteiger partial charge >= 0.3 is 0 Å². The Hall–Kier alpha value is -1.31. The summed E-state index contributed by atoms with van der Waals surface area (Å²) < 4.78 is 0. The molecule has 0 saturated heterocycles. The van der Waals surface area contributed by atoms with E-state index >= 15 is 0 Å². The number of aryl methyl sites for hydroxylation is 1. The van der Waals surface area contributed by atoms with Gasteiger partial charge in [-0.15, -0.1) is 0 Å². The Labute approximate surface area is 137 Å². The van der Waals surface area contributed by atoms with E-state index in [4.69, 9.17) is 11.6 Å². The average molecular weight is 312 g/mol. The van der Waals surface area contributed by atoms with Crippen LogP contribution in [0.5, 0.6) is 0 Å². The largest absolute Gasteiger partial charge is 0.316 e. The molecule has 0 amide bonds. The molecule has 1 N–H and O–H groups in total. The molecule has 0 saturated carbocycles. The van der Waals surface area contributed by atoms with E-state index in [1.165, 1.54) is 36.8 Å². The minimum atomic E-state index is 0.839. The molecule has 0 atom stereocenters. The van der Waals surface area contributed by atoms with E-state index in [1.807, 2.05) is 6.07 Å². The molecule has 1 aliphatic carbocycles. The van der Waals surface area contributed by atoms with Crippen LogP contribution in [0.25, 0.3) is 11.1 Å². The molecule has 0 radical (unpaired) electrons. The highest BCUT2D eigenvalue weighted by atomic mass is 35.5. The molecule has 2 aliphatic rings. The second-order valence-electron chi connectivity index (χ2n) is 6.49. The number of nitrogens with one attached hydrogen (secondary N) is 1. The van der Waals surface area contributed by atoms with Crippen LogP contribution in [0.4, 0.5) is 0 Å². The van der Waals surface area contributed by atoms with E-state index in [9.17, 15) is 0 Å². The monoisotopic (exact) mass is 311 g/mol. The molecule has 2 heteroatoms. The normalized spacial score (nSPS) is 17.5. The third kappa shape index (κ3) is 2.57. The quantitative estimate of drug-likeness (QED) is 0.813. The Kier molecular flexibility index (Phi) is 3.94. The predicted octanol–water partition coefficient (Wildman–Crippen LogP) is 4.57. The van der Waals surface area contributed by atoms with Crippen molar-refractivity contribution in [3.63, 3.8) is 0 Å². The van der Waals surface area contributed by atoms with Crippen molar-refractivity contribution >= 4 is 11.6 Å². The maximum atomic E-state index is 6.28. The van der Waals surface area contributed by atoms with Gasteiger partial charge in [-0.05, 0) is 97.1 Å². The highest BCUT2D eigenvalue weighted by molar-refractivity contribution is 6.30. The zero-order valence-electron chi connectivity index (χ0n) is 12.9. The van der Waals surface area contributed by atoms with Crippen LogP contribution in [0, 0.1) is 0 Å². The van der Waals surface area contributed by atoms with Crippen LogP contribution in [0.15, 0.2) is 30.3 Å². The van der Waals surface area contributed by atoms with Crippen LogP contribution in [0.2, 0.25) is 5.02 Å². The van der Waals surface area contributed by atoms with E-state index in [0.717, 1.165) is 31.0 Å². The van der Waals surface area contributed by atoms with Crippen molar-refractivity contribution < 1.29 is 0 Å². The molecule has 4 rings (SSSR count). The second kappa shape index (κ2) is 6.06.